The fraction of sp³-hybridized carbons (Fsp3) is 0.222. The van der Waals surface area contributed by atoms with E-state index < -0.39 is 0 Å². The number of carbonyl (C=O) groups is 1. The van der Waals surface area contributed by atoms with E-state index in [1.54, 1.807) is 16.2 Å². The average Bonchev–Trinajstić information content (AvgIpc) is 3.01. The quantitative estimate of drug-likeness (QED) is 0.569. The molecule has 1 unspecified atom stereocenters. The fourth-order valence-electron chi connectivity index (χ4n) is 2.34. The van der Waals surface area contributed by atoms with Crippen LogP contribution in [0.1, 0.15) is 18.5 Å². The highest BCUT2D eigenvalue weighted by Gasteiger charge is 2.18. The highest BCUT2D eigenvalue weighted by atomic mass is 35.5. The number of rotatable bonds is 5. The number of aromatic nitrogens is 1. The second-order valence-electron chi connectivity index (χ2n) is 5.47. The first-order valence-electron chi connectivity index (χ1n) is 7.54. The molecule has 0 radical (unpaired) electrons. The van der Waals surface area contributed by atoms with E-state index in [2.05, 4.69) is 4.98 Å². The van der Waals surface area contributed by atoms with Crippen molar-refractivity contribution in [3.8, 4) is 0 Å². The molecular formula is C18H17ClN2OS2. The molecule has 3 rings (SSSR count). The minimum Gasteiger partial charge on any atom is -0.338 e. The van der Waals surface area contributed by atoms with Crippen LogP contribution in [0.5, 0.6) is 0 Å². The maximum absolute atomic E-state index is 12.5. The van der Waals surface area contributed by atoms with Gasteiger partial charge in [0.15, 0.2) is 4.34 Å². The Labute approximate surface area is 154 Å². The summed E-state index contributed by atoms with van der Waals surface area (Å²) in [7, 11) is 1.85. The van der Waals surface area contributed by atoms with Gasteiger partial charge in [0.2, 0.25) is 5.91 Å². The molecule has 0 bridgehead atoms. The summed E-state index contributed by atoms with van der Waals surface area (Å²) in [6, 6.07) is 15.8. The van der Waals surface area contributed by atoms with Crippen LogP contribution in [0, 0.1) is 0 Å². The van der Waals surface area contributed by atoms with Gasteiger partial charge in [0.25, 0.3) is 0 Å². The number of fused-ring (bicyclic) bond motifs is 1. The van der Waals surface area contributed by atoms with Crippen LogP contribution in [0.25, 0.3) is 10.2 Å². The molecule has 0 saturated heterocycles. The lowest BCUT2D eigenvalue weighted by Gasteiger charge is -2.25. The lowest BCUT2D eigenvalue weighted by Crippen LogP contribution is -2.31. The molecule has 0 aliphatic rings. The molecule has 3 aromatic rings. The van der Waals surface area contributed by atoms with E-state index in [9.17, 15) is 4.79 Å². The molecule has 1 amide bonds. The second-order valence-corrected chi connectivity index (χ2v) is 8.16. The molecule has 6 heteroatoms. The zero-order valence-corrected chi connectivity index (χ0v) is 15.8. The molecule has 0 spiro atoms. The van der Waals surface area contributed by atoms with Crippen molar-refractivity contribution in [2.45, 2.75) is 17.3 Å². The summed E-state index contributed by atoms with van der Waals surface area (Å²) in [6.45, 7) is 2.04. The Morgan fingerprint density at radius 2 is 2.04 bits per heavy atom. The Morgan fingerprint density at radius 3 is 2.79 bits per heavy atom. The molecule has 0 fully saturated rings. The predicted molar refractivity (Wildman–Crippen MR) is 103 cm³/mol. The van der Waals surface area contributed by atoms with Gasteiger partial charge >= 0.3 is 0 Å². The van der Waals surface area contributed by atoms with Crippen molar-refractivity contribution in [3.05, 3.63) is 59.1 Å². The van der Waals surface area contributed by atoms with E-state index in [4.69, 9.17) is 11.6 Å². The largest absolute Gasteiger partial charge is 0.338 e. The number of thiazole rings is 1. The van der Waals surface area contributed by atoms with Gasteiger partial charge < -0.3 is 4.90 Å². The van der Waals surface area contributed by atoms with Gasteiger partial charge in [-0.2, -0.15) is 0 Å². The van der Waals surface area contributed by atoms with Crippen molar-refractivity contribution in [1.29, 1.82) is 0 Å². The van der Waals surface area contributed by atoms with Crippen molar-refractivity contribution in [2.24, 2.45) is 0 Å². The van der Waals surface area contributed by atoms with Crippen LogP contribution in [-0.4, -0.2) is 28.6 Å². The van der Waals surface area contributed by atoms with Crippen LogP contribution < -0.4 is 0 Å². The van der Waals surface area contributed by atoms with Gasteiger partial charge in [-0.3, -0.25) is 4.79 Å². The van der Waals surface area contributed by atoms with Crippen molar-refractivity contribution in [1.82, 2.24) is 9.88 Å². The number of thioether (sulfide) groups is 1. The number of amides is 1. The fourth-order valence-corrected chi connectivity index (χ4v) is 4.48. The van der Waals surface area contributed by atoms with E-state index in [1.165, 1.54) is 11.8 Å². The van der Waals surface area contributed by atoms with Crippen molar-refractivity contribution in [3.63, 3.8) is 0 Å². The van der Waals surface area contributed by atoms with Crippen molar-refractivity contribution >= 4 is 50.8 Å². The van der Waals surface area contributed by atoms with Gasteiger partial charge in [-0.25, -0.2) is 4.98 Å². The number of carbonyl (C=O) groups excluding carboxylic acids is 1. The zero-order chi connectivity index (χ0) is 17.1. The third-order valence-corrected chi connectivity index (χ3v) is 6.30. The van der Waals surface area contributed by atoms with Gasteiger partial charge in [-0.05, 0) is 30.7 Å². The van der Waals surface area contributed by atoms with Crippen LogP contribution in [0.4, 0.5) is 0 Å². The molecule has 2 aromatic carbocycles. The SMILES string of the molecule is CC(c1ccccc1)N(C)C(=O)CSc1nc2cc(Cl)ccc2s1. The van der Waals surface area contributed by atoms with Gasteiger partial charge in [-0.15, -0.1) is 11.3 Å². The summed E-state index contributed by atoms with van der Waals surface area (Å²) >= 11 is 9.05. The van der Waals surface area contributed by atoms with Gasteiger partial charge in [0.05, 0.1) is 22.0 Å². The maximum atomic E-state index is 12.5. The van der Waals surface area contributed by atoms with Crippen LogP contribution >= 0.6 is 34.7 Å². The summed E-state index contributed by atoms with van der Waals surface area (Å²) in [4.78, 5) is 18.8. The molecular weight excluding hydrogens is 360 g/mol. The summed E-state index contributed by atoms with van der Waals surface area (Å²) < 4.78 is 1.97. The molecule has 3 nitrogen and oxygen atoms in total. The standard InChI is InChI=1S/C18H17ClN2OS2/c1-12(13-6-4-3-5-7-13)21(2)17(22)11-23-18-20-15-10-14(19)8-9-16(15)24-18/h3-10,12H,11H2,1-2H3. The smallest absolute Gasteiger partial charge is 0.233 e. The molecule has 0 aliphatic heterocycles. The highest BCUT2D eigenvalue weighted by molar-refractivity contribution is 8.01. The van der Waals surface area contributed by atoms with Gasteiger partial charge in [0.1, 0.15) is 0 Å². The molecule has 0 saturated carbocycles. The Bertz CT molecular complexity index is 851. The van der Waals surface area contributed by atoms with E-state index >= 15 is 0 Å². The van der Waals surface area contributed by atoms with Crippen molar-refractivity contribution in [2.75, 3.05) is 12.8 Å². The maximum Gasteiger partial charge on any atom is 0.233 e. The number of hydrogen-bond donors (Lipinski definition) is 0. The Hall–Kier alpha value is -1.56. The Morgan fingerprint density at radius 1 is 1.29 bits per heavy atom. The van der Waals surface area contributed by atoms with Crippen molar-refractivity contribution < 1.29 is 4.79 Å². The lowest BCUT2D eigenvalue weighted by atomic mass is 10.1. The molecule has 24 heavy (non-hydrogen) atoms. The highest BCUT2D eigenvalue weighted by Crippen LogP contribution is 2.31. The van der Waals surface area contributed by atoms with Crippen LogP contribution in [0.2, 0.25) is 5.02 Å². The van der Waals surface area contributed by atoms with Crippen LogP contribution in [0.15, 0.2) is 52.9 Å². The predicted octanol–water partition coefficient (Wildman–Crippen LogP) is 5.26. The van der Waals surface area contributed by atoms with Crippen LogP contribution in [0.3, 0.4) is 0 Å². The zero-order valence-electron chi connectivity index (χ0n) is 13.4. The Kier molecular flexibility index (Phi) is 5.43. The van der Waals surface area contributed by atoms with E-state index in [0.29, 0.717) is 10.8 Å². The molecule has 1 heterocycles. The molecule has 0 aliphatic carbocycles. The molecule has 1 atom stereocenters. The van der Waals surface area contributed by atoms with Gasteiger partial charge in [-0.1, -0.05) is 53.7 Å². The first kappa shape index (κ1) is 17.3. The van der Waals surface area contributed by atoms with E-state index in [1.807, 2.05) is 62.5 Å². The van der Waals surface area contributed by atoms with Crippen LogP contribution in [-0.2, 0) is 4.79 Å². The molecule has 1 aromatic heterocycles. The number of hydrogen-bond acceptors (Lipinski definition) is 4. The minimum atomic E-state index is 0.0495. The van der Waals surface area contributed by atoms with E-state index in [-0.39, 0.29) is 11.9 Å². The summed E-state index contributed by atoms with van der Waals surface area (Å²) in [6.07, 6.45) is 0. The average molecular weight is 377 g/mol. The van der Waals surface area contributed by atoms with Gasteiger partial charge in [0, 0.05) is 12.1 Å². The van der Waals surface area contributed by atoms with E-state index in [0.717, 1.165) is 20.1 Å². The minimum absolute atomic E-state index is 0.0495. The number of benzene rings is 2. The number of nitrogens with zero attached hydrogens (tertiary/aromatic N) is 2. The topological polar surface area (TPSA) is 33.2 Å². The normalized spacial score (nSPS) is 12.3. The first-order valence-corrected chi connectivity index (χ1v) is 9.72. The molecule has 0 N–H and O–H groups in total. The third kappa shape index (κ3) is 3.91. The Balaban J connectivity index is 1.63. The third-order valence-electron chi connectivity index (χ3n) is 3.91. The summed E-state index contributed by atoms with van der Waals surface area (Å²) in [5, 5.41) is 0.678. The first-order chi connectivity index (χ1) is 11.5. The summed E-state index contributed by atoms with van der Waals surface area (Å²) in [5.41, 5.74) is 2.02. The monoisotopic (exact) mass is 376 g/mol. The summed E-state index contributed by atoms with van der Waals surface area (Å²) in [5.74, 6) is 0.468. The second kappa shape index (κ2) is 7.55. The lowest BCUT2D eigenvalue weighted by molar-refractivity contribution is -0.128. The molecule has 124 valence electrons. The number of halogens is 1.